The van der Waals surface area contributed by atoms with Gasteiger partial charge in [-0.2, -0.15) is 0 Å². The number of rotatable bonds is 2. The Bertz CT molecular complexity index is 134. The van der Waals surface area contributed by atoms with Gasteiger partial charge in [-0.25, -0.2) is 0 Å². The second-order valence-electron chi connectivity index (χ2n) is 1.72. The van der Waals surface area contributed by atoms with Crippen molar-refractivity contribution in [3.8, 4) is 0 Å². The molecule has 0 nitrogen and oxygen atoms in total. The molecule has 0 aromatic heterocycles. The Morgan fingerprint density at radius 2 is 1.56 bits per heavy atom. The minimum absolute atomic E-state index is 0.719. The fraction of sp³-hybridized carbons (Fsp3) is 0.333. The molecule has 1 aliphatic heterocycles. The molecule has 2 unspecified atom stereocenters. The molecule has 0 aromatic carbocycles. The van der Waals surface area contributed by atoms with E-state index in [-0.39, 0.29) is 0 Å². The van der Waals surface area contributed by atoms with Crippen LogP contribution in [0.25, 0.3) is 0 Å². The summed E-state index contributed by atoms with van der Waals surface area (Å²) < 4.78 is 0. The average molecular weight is 315 g/mol. The second-order valence-corrected chi connectivity index (χ2v) is 5.72. The molecule has 0 saturated carbocycles. The maximum atomic E-state index is 2.94. The Kier molecular flexibility index (Phi) is 3.64. The quantitative estimate of drug-likeness (QED) is 0.488. The summed E-state index contributed by atoms with van der Waals surface area (Å²) in [7, 11) is 0. The molecule has 0 N–H and O–H groups in total. The van der Waals surface area contributed by atoms with Gasteiger partial charge in [-0.05, 0) is 0 Å². The normalized spacial score (nSPS) is 32.4. The Balaban J connectivity index is 2.48. The van der Waals surface area contributed by atoms with Gasteiger partial charge in [0.15, 0.2) is 0 Å². The van der Waals surface area contributed by atoms with Crippen LogP contribution in [0, 0.1) is 0 Å². The molecule has 0 fully saturated rings. The van der Waals surface area contributed by atoms with Gasteiger partial charge in [-0.15, -0.1) is 0 Å². The SMILES string of the molecule is [Se]=CC1C=CC(C=[Se])[Se]1. The van der Waals surface area contributed by atoms with Crippen molar-refractivity contribution < 1.29 is 0 Å². The predicted molar refractivity (Wildman–Crippen MR) is 46.0 cm³/mol. The first-order valence-electron chi connectivity index (χ1n) is 2.61. The summed E-state index contributed by atoms with van der Waals surface area (Å²) in [5.41, 5.74) is 0. The van der Waals surface area contributed by atoms with Gasteiger partial charge in [0.05, 0.1) is 0 Å². The van der Waals surface area contributed by atoms with Crippen LogP contribution in [0.2, 0.25) is 9.63 Å². The van der Waals surface area contributed by atoms with E-state index in [0.717, 1.165) is 24.6 Å². The summed E-state index contributed by atoms with van der Waals surface area (Å²) in [4.78, 5) is 5.76. The number of allylic oxidation sites excluding steroid dienone is 2. The molecular weight excluding hydrogens is 309 g/mol. The zero-order chi connectivity index (χ0) is 6.69. The van der Waals surface area contributed by atoms with Crippen LogP contribution in [0.3, 0.4) is 0 Å². The summed E-state index contributed by atoms with van der Waals surface area (Å²) in [5, 5.41) is 0. The Hall–Kier alpha value is 1.04. The van der Waals surface area contributed by atoms with Crippen LogP contribution in [-0.4, -0.2) is 55.9 Å². The molecule has 0 saturated heterocycles. The van der Waals surface area contributed by atoms with Crippen molar-refractivity contribution >= 4 is 55.9 Å². The second kappa shape index (κ2) is 4.03. The summed E-state index contributed by atoms with van der Waals surface area (Å²) in [5.74, 6) is 0. The van der Waals surface area contributed by atoms with Crippen LogP contribution in [0.4, 0.5) is 0 Å². The molecule has 3 heteroatoms. The molecule has 2 atom stereocenters. The minimum atomic E-state index is 0.719. The van der Waals surface area contributed by atoms with Crippen molar-refractivity contribution in [2.45, 2.75) is 9.63 Å². The van der Waals surface area contributed by atoms with Crippen molar-refractivity contribution in [1.82, 2.24) is 0 Å². The van der Waals surface area contributed by atoms with E-state index in [1.807, 2.05) is 0 Å². The summed E-state index contributed by atoms with van der Waals surface area (Å²) in [6.07, 6.45) is 4.55. The summed E-state index contributed by atoms with van der Waals surface area (Å²) in [6, 6.07) is 0. The molecule has 0 aromatic rings. The number of hydrogen-bond donors (Lipinski definition) is 0. The molecule has 1 aliphatic rings. The van der Waals surface area contributed by atoms with Gasteiger partial charge in [0.1, 0.15) is 0 Å². The van der Waals surface area contributed by atoms with Gasteiger partial charge in [-0.3, -0.25) is 0 Å². The van der Waals surface area contributed by atoms with E-state index in [2.05, 4.69) is 53.1 Å². The monoisotopic (exact) mass is 318 g/mol. The molecule has 0 aliphatic carbocycles. The predicted octanol–water partition coefficient (Wildman–Crippen LogP) is -0.221. The molecule has 0 radical (unpaired) electrons. The third kappa shape index (κ3) is 2.27. The Morgan fingerprint density at radius 1 is 1.11 bits per heavy atom. The first-order chi connectivity index (χ1) is 4.36. The first-order valence-corrected chi connectivity index (χ1v) is 6.57. The van der Waals surface area contributed by atoms with Crippen molar-refractivity contribution in [2.24, 2.45) is 0 Å². The summed E-state index contributed by atoms with van der Waals surface area (Å²) >= 11 is 6.61. The molecule has 1 heterocycles. The van der Waals surface area contributed by atoms with E-state index in [0.29, 0.717) is 0 Å². The molecule has 0 amide bonds. The van der Waals surface area contributed by atoms with Crippen LogP contribution in [0.1, 0.15) is 0 Å². The standard InChI is InChI=1S/C6H6Se3/c7-3-5-1-2-6(4-8)9-5/h1-6H. The van der Waals surface area contributed by atoms with Crippen molar-refractivity contribution in [2.75, 3.05) is 0 Å². The van der Waals surface area contributed by atoms with Crippen molar-refractivity contribution in [3.05, 3.63) is 12.2 Å². The van der Waals surface area contributed by atoms with E-state index >= 15 is 0 Å². The van der Waals surface area contributed by atoms with Crippen LogP contribution in [0.15, 0.2) is 12.2 Å². The van der Waals surface area contributed by atoms with E-state index in [9.17, 15) is 0 Å². The van der Waals surface area contributed by atoms with Crippen LogP contribution in [-0.2, 0) is 0 Å². The summed E-state index contributed by atoms with van der Waals surface area (Å²) in [6.45, 7) is 0. The van der Waals surface area contributed by atoms with Crippen LogP contribution < -0.4 is 0 Å². The van der Waals surface area contributed by atoms with Gasteiger partial charge >= 0.3 is 77.7 Å². The van der Waals surface area contributed by atoms with Gasteiger partial charge in [0.2, 0.25) is 0 Å². The van der Waals surface area contributed by atoms with Gasteiger partial charge in [-0.1, -0.05) is 0 Å². The topological polar surface area (TPSA) is 0 Å². The van der Waals surface area contributed by atoms with Crippen LogP contribution in [0.5, 0.6) is 0 Å². The Morgan fingerprint density at radius 3 is 1.78 bits per heavy atom. The molecule has 9 heavy (non-hydrogen) atoms. The zero-order valence-electron chi connectivity index (χ0n) is 4.69. The van der Waals surface area contributed by atoms with Gasteiger partial charge in [0, 0.05) is 0 Å². The van der Waals surface area contributed by atoms with E-state index < -0.39 is 0 Å². The third-order valence-corrected chi connectivity index (χ3v) is 6.60. The Labute approximate surface area is 77.3 Å². The van der Waals surface area contributed by atoms with Crippen LogP contribution >= 0.6 is 0 Å². The molecule has 0 bridgehead atoms. The van der Waals surface area contributed by atoms with Gasteiger partial charge in [0.25, 0.3) is 0 Å². The fourth-order valence-electron chi connectivity index (χ4n) is 0.646. The molecule has 0 spiro atoms. The maximum absolute atomic E-state index is 2.94. The molecule has 1 rings (SSSR count). The fourth-order valence-corrected chi connectivity index (χ4v) is 4.22. The average Bonchev–Trinajstić information content (AvgIpc) is 2.34. The first kappa shape index (κ1) is 8.14. The molecular formula is C6H6Se3. The van der Waals surface area contributed by atoms with Crippen molar-refractivity contribution in [3.63, 3.8) is 0 Å². The van der Waals surface area contributed by atoms with Crippen molar-refractivity contribution in [1.29, 1.82) is 0 Å². The number of hydrogen-bond acceptors (Lipinski definition) is 0. The van der Waals surface area contributed by atoms with E-state index in [4.69, 9.17) is 0 Å². The van der Waals surface area contributed by atoms with Gasteiger partial charge < -0.3 is 0 Å². The third-order valence-electron chi connectivity index (χ3n) is 1.07. The van der Waals surface area contributed by atoms with E-state index in [1.165, 1.54) is 0 Å². The molecule has 48 valence electrons. The van der Waals surface area contributed by atoms with E-state index in [1.54, 1.807) is 0 Å². The zero-order valence-corrected chi connectivity index (χ0v) is 9.83.